The van der Waals surface area contributed by atoms with Crippen LogP contribution in [0, 0.1) is 12.3 Å². The second kappa shape index (κ2) is 7.59. The second-order valence-electron chi connectivity index (χ2n) is 6.60. The van der Waals surface area contributed by atoms with Crippen LogP contribution in [0.3, 0.4) is 0 Å². The minimum atomic E-state index is 0.186. The van der Waals surface area contributed by atoms with E-state index in [1.165, 1.54) is 0 Å². The number of nitrogens with one attached hydrogen (secondary N) is 2. The maximum absolute atomic E-state index is 4.64. The number of rotatable bonds is 8. The van der Waals surface area contributed by atoms with Gasteiger partial charge in [0.05, 0.1) is 0 Å². The van der Waals surface area contributed by atoms with E-state index < -0.39 is 0 Å². The molecule has 0 spiro atoms. The highest BCUT2D eigenvalue weighted by Crippen LogP contribution is 2.23. The molecule has 0 radical (unpaired) electrons. The molecule has 0 aliphatic carbocycles. The predicted octanol–water partition coefficient (Wildman–Crippen LogP) is 2.78. The fourth-order valence-corrected chi connectivity index (χ4v) is 2.47. The highest BCUT2D eigenvalue weighted by atomic mass is 15.1. The van der Waals surface area contributed by atoms with Crippen LogP contribution in [-0.2, 0) is 6.42 Å². The van der Waals surface area contributed by atoms with E-state index in [2.05, 4.69) is 74.2 Å². The Balaban J connectivity index is 2.89. The van der Waals surface area contributed by atoms with Crippen molar-refractivity contribution in [2.24, 2.45) is 5.41 Å². The van der Waals surface area contributed by atoms with Gasteiger partial charge in [-0.3, -0.25) is 0 Å². The summed E-state index contributed by atoms with van der Waals surface area (Å²) in [4.78, 5) is 11.4. The molecule has 0 saturated heterocycles. The molecule has 0 saturated carbocycles. The summed E-state index contributed by atoms with van der Waals surface area (Å²) in [6.07, 6.45) is 0.842. The van der Waals surface area contributed by atoms with Gasteiger partial charge in [-0.1, -0.05) is 20.8 Å². The number of hydrogen-bond acceptors (Lipinski definition) is 5. The Hall–Kier alpha value is -1.36. The van der Waals surface area contributed by atoms with E-state index in [9.17, 15) is 0 Å². The molecule has 120 valence electrons. The molecule has 0 atom stereocenters. The van der Waals surface area contributed by atoms with Crippen LogP contribution >= 0.6 is 0 Å². The third kappa shape index (κ3) is 5.50. The minimum absolute atomic E-state index is 0.186. The fourth-order valence-electron chi connectivity index (χ4n) is 2.47. The van der Waals surface area contributed by atoms with Crippen molar-refractivity contribution < 1.29 is 0 Å². The van der Waals surface area contributed by atoms with Crippen LogP contribution in [0.1, 0.15) is 39.1 Å². The third-order valence-electron chi connectivity index (χ3n) is 3.33. The van der Waals surface area contributed by atoms with E-state index in [-0.39, 0.29) is 5.41 Å². The van der Waals surface area contributed by atoms with E-state index in [0.29, 0.717) is 0 Å². The lowest BCUT2D eigenvalue weighted by molar-refractivity contribution is 0.254. The van der Waals surface area contributed by atoms with Crippen LogP contribution in [0.25, 0.3) is 0 Å². The number of aryl methyl sites for hydroxylation is 1. The third-order valence-corrected chi connectivity index (χ3v) is 3.33. The second-order valence-corrected chi connectivity index (χ2v) is 6.60. The summed E-state index contributed by atoms with van der Waals surface area (Å²) >= 11 is 0. The van der Waals surface area contributed by atoms with Gasteiger partial charge in [-0.2, -0.15) is 0 Å². The van der Waals surface area contributed by atoms with Gasteiger partial charge < -0.3 is 15.5 Å². The zero-order valence-corrected chi connectivity index (χ0v) is 14.7. The zero-order chi connectivity index (χ0) is 16.0. The van der Waals surface area contributed by atoms with Gasteiger partial charge in [-0.05, 0) is 33.4 Å². The molecule has 0 fully saturated rings. The number of nitrogens with zero attached hydrogens (tertiary/aromatic N) is 3. The Morgan fingerprint density at radius 1 is 1.05 bits per heavy atom. The van der Waals surface area contributed by atoms with Crippen LogP contribution in [0.15, 0.2) is 0 Å². The summed E-state index contributed by atoms with van der Waals surface area (Å²) in [5, 5.41) is 6.84. The van der Waals surface area contributed by atoms with Crippen molar-refractivity contribution in [2.75, 3.05) is 44.4 Å². The van der Waals surface area contributed by atoms with E-state index in [1.807, 2.05) is 0 Å². The van der Waals surface area contributed by atoms with Crippen molar-refractivity contribution in [3.05, 3.63) is 11.4 Å². The van der Waals surface area contributed by atoms with Gasteiger partial charge in [0.2, 0.25) is 0 Å². The van der Waals surface area contributed by atoms with Gasteiger partial charge in [0, 0.05) is 31.6 Å². The Morgan fingerprint density at radius 3 is 2.10 bits per heavy atom. The van der Waals surface area contributed by atoms with Crippen molar-refractivity contribution in [1.82, 2.24) is 14.9 Å². The molecule has 1 aromatic heterocycles. The molecule has 0 aliphatic rings. The van der Waals surface area contributed by atoms with E-state index in [0.717, 1.165) is 49.1 Å². The van der Waals surface area contributed by atoms with Gasteiger partial charge in [0.1, 0.15) is 17.5 Å². The highest BCUT2D eigenvalue weighted by Gasteiger charge is 2.20. The van der Waals surface area contributed by atoms with Crippen LogP contribution < -0.4 is 10.6 Å². The molecule has 5 nitrogen and oxygen atoms in total. The summed E-state index contributed by atoms with van der Waals surface area (Å²) in [5.41, 5.74) is 1.28. The van der Waals surface area contributed by atoms with Gasteiger partial charge >= 0.3 is 0 Å². The van der Waals surface area contributed by atoms with Crippen LogP contribution in [0.5, 0.6) is 0 Å². The SMILES string of the molecule is CCNc1nc(CC)nc(NCC(C)(C)CN(C)C)c1C. The van der Waals surface area contributed by atoms with Gasteiger partial charge in [0.15, 0.2) is 0 Å². The first kappa shape index (κ1) is 17.7. The van der Waals surface area contributed by atoms with E-state index >= 15 is 0 Å². The monoisotopic (exact) mass is 293 g/mol. The molecule has 0 bridgehead atoms. The molecule has 1 heterocycles. The smallest absolute Gasteiger partial charge is 0.134 e. The molecule has 0 unspecified atom stereocenters. The summed E-state index contributed by atoms with van der Waals surface area (Å²) in [6, 6.07) is 0. The summed E-state index contributed by atoms with van der Waals surface area (Å²) in [5.74, 6) is 2.77. The minimum Gasteiger partial charge on any atom is -0.370 e. The Labute approximate surface area is 129 Å². The standard InChI is InChI=1S/C16H31N5/c1-8-13-19-14(17-9-2)12(3)15(20-13)18-10-16(4,5)11-21(6)7/h8-11H2,1-7H3,(H2,17,18,19,20). The maximum atomic E-state index is 4.64. The molecular weight excluding hydrogens is 262 g/mol. The molecule has 21 heavy (non-hydrogen) atoms. The average Bonchev–Trinajstić information content (AvgIpc) is 2.38. The number of hydrogen-bond donors (Lipinski definition) is 2. The van der Waals surface area contributed by atoms with E-state index in [1.54, 1.807) is 0 Å². The van der Waals surface area contributed by atoms with Crippen LogP contribution in [0.2, 0.25) is 0 Å². The predicted molar refractivity (Wildman–Crippen MR) is 91.1 cm³/mol. The Kier molecular flexibility index (Phi) is 6.40. The first-order valence-corrected chi connectivity index (χ1v) is 7.79. The van der Waals surface area contributed by atoms with Gasteiger partial charge in [0.25, 0.3) is 0 Å². The quantitative estimate of drug-likeness (QED) is 0.772. The Bertz CT molecular complexity index is 454. The lowest BCUT2D eigenvalue weighted by atomic mass is 9.93. The van der Waals surface area contributed by atoms with Gasteiger partial charge in [-0.25, -0.2) is 9.97 Å². The van der Waals surface area contributed by atoms with Crippen molar-refractivity contribution in [3.8, 4) is 0 Å². The molecule has 1 rings (SSSR count). The summed E-state index contributed by atoms with van der Waals surface area (Å²) in [7, 11) is 4.21. The first-order valence-electron chi connectivity index (χ1n) is 7.79. The summed E-state index contributed by atoms with van der Waals surface area (Å²) in [6.45, 7) is 13.6. The lowest BCUT2D eigenvalue weighted by Crippen LogP contribution is -2.34. The number of anilines is 2. The van der Waals surface area contributed by atoms with E-state index in [4.69, 9.17) is 0 Å². The fraction of sp³-hybridized carbons (Fsp3) is 0.750. The Morgan fingerprint density at radius 2 is 1.62 bits per heavy atom. The molecule has 0 aliphatic heterocycles. The molecule has 0 aromatic carbocycles. The lowest BCUT2D eigenvalue weighted by Gasteiger charge is -2.29. The molecule has 2 N–H and O–H groups in total. The highest BCUT2D eigenvalue weighted by molar-refractivity contribution is 5.57. The van der Waals surface area contributed by atoms with Crippen molar-refractivity contribution >= 4 is 11.6 Å². The first-order chi connectivity index (χ1) is 9.79. The summed E-state index contributed by atoms with van der Waals surface area (Å²) < 4.78 is 0. The van der Waals surface area contributed by atoms with Crippen molar-refractivity contribution in [1.29, 1.82) is 0 Å². The van der Waals surface area contributed by atoms with Gasteiger partial charge in [-0.15, -0.1) is 0 Å². The van der Waals surface area contributed by atoms with Crippen molar-refractivity contribution in [2.45, 2.75) is 41.0 Å². The molecular formula is C16H31N5. The normalized spacial score (nSPS) is 11.8. The van der Waals surface area contributed by atoms with Crippen LogP contribution in [0.4, 0.5) is 11.6 Å². The average molecular weight is 293 g/mol. The zero-order valence-electron chi connectivity index (χ0n) is 14.7. The number of aromatic nitrogens is 2. The topological polar surface area (TPSA) is 53.1 Å². The molecule has 1 aromatic rings. The van der Waals surface area contributed by atoms with Crippen LogP contribution in [-0.4, -0.2) is 48.6 Å². The maximum Gasteiger partial charge on any atom is 0.134 e. The molecule has 5 heteroatoms. The van der Waals surface area contributed by atoms with Crippen molar-refractivity contribution in [3.63, 3.8) is 0 Å². The molecule has 0 amide bonds. The largest absolute Gasteiger partial charge is 0.370 e.